The largest absolute Gasteiger partial charge is 0.497 e. The first kappa shape index (κ1) is 19.9. The van der Waals surface area contributed by atoms with Crippen LogP contribution in [0.3, 0.4) is 0 Å². The molecule has 0 amide bonds. The van der Waals surface area contributed by atoms with Crippen molar-refractivity contribution in [1.29, 1.82) is 0 Å². The van der Waals surface area contributed by atoms with Gasteiger partial charge in [-0.25, -0.2) is 9.48 Å². The van der Waals surface area contributed by atoms with Gasteiger partial charge < -0.3 is 9.84 Å². The van der Waals surface area contributed by atoms with Crippen molar-refractivity contribution in [1.82, 2.24) is 9.78 Å². The van der Waals surface area contributed by atoms with Gasteiger partial charge in [-0.05, 0) is 36.4 Å². The Balaban J connectivity index is 1.85. The highest BCUT2D eigenvalue weighted by Gasteiger charge is 2.16. The Labute approximate surface area is 177 Å². The molecule has 0 saturated heterocycles. The third kappa shape index (κ3) is 4.02. The molecule has 7 nitrogen and oxygen atoms in total. The van der Waals surface area contributed by atoms with Gasteiger partial charge in [-0.3, -0.25) is 14.9 Å². The molecule has 0 aliphatic rings. The summed E-state index contributed by atoms with van der Waals surface area (Å²) in [7, 11) is 1.58. The number of rotatable bonds is 6. The molecule has 0 bridgehead atoms. The van der Waals surface area contributed by atoms with E-state index in [1.807, 2.05) is 30.3 Å². The lowest BCUT2D eigenvalue weighted by Crippen LogP contribution is -2.17. The van der Waals surface area contributed by atoms with Crippen LogP contribution in [-0.4, -0.2) is 34.2 Å². The molecular formula is C24H19N3O4. The highest BCUT2D eigenvalue weighted by Crippen LogP contribution is 2.23. The fraction of sp³-hybridized carbons (Fsp3) is 0.0417. The summed E-state index contributed by atoms with van der Waals surface area (Å²) in [6, 6.07) is 22.9. The quantitative estimate of drug-likeness (QED) is 0.461. The molecule has 0 saturated carbocycles. The second-order valence-corrected chi connectivity index (χ2v) is 6.69. The summed E-state index contributed by atoms with van der Waals surface area (Å²) in [5.74, 6) is -0.403. The lowest BCUT2D eigenvalue weighted by molar-refractivity contribution is 0.0698. The van der Waals surface area contributed by atoms with E-state index in [4.69, 9.17) is 4.74 Å². The molecule has 0 aliphatic carbocycles. The van der Waals surface area contributed by atoms with Crippen LogP contribution in [0.25, 0.3) is 16.9 Å². The first-order chi connectivity index (χ1) is 15.1. The van der Waals surface area contributed by atoms with Crippen LogP contribution in [0.5, 0.6) is 5.75 Å². The van der Waals surface area contributed by atoms with E-state index in [0.717, 1.165) is 5.56 Å². The molecule has 2 N–H and O–H groups in total. The van der Waals surface area contributed by atoms with Crippen LogP contribution in [-0.2, 0) is 0 Å². The van der Waals surface area contributed by atoms with Gasteiger partial charge in [0, 0.05) is 11.8 Å². The standard InChI is InChI=1S/C24H19N3O4/c1-31-18-13-11-17(12-14-18)27-23(28)20(22(26-27)16-7-3-2-4-8-16)15-25-21-10-6-5-9-19(21)24(29)30/h2-15,26H,1H3,(H,29,30). The Morgan fingerprint density at radius 1 is 1.00 bits per heavy atom. The second kappa shape index (κ2) is 8.54. The summed E-state index contributed by atoms with van der Waals surface area (Å²) in [5, 5.41) is 12.5. The minimum atomic E-state index is -1.08. The topological polar surface area (TPSA) is 96.7 Å². The molecular weight excluding hydrogens is 394 g/mol. The van der Waals surface area contributed by atoms with Crippen molar-refractivity contribution in [3.05, 3.63) is 100 Å². The van der Waals surface area contributed by atoms with E-state index in [1.165, 1.54) is 17.0 Å². The average Bonchev–Trinajstić information content (AvgIpc) is 3.14. The number of H-pyrrole nitrogens is 1. The smallest absolute Gasteiger partial charge is 0.337 e. The van der Waals surface area contributed by atoms with Gasteiger partial charge in [0.15, 0.2) is 0 Å². The number of carboxylic acids is 1. The van der Waals surface area contributed by atoms with Crippen molar-refractivity contribution in [2.24, 2.45) is 4.99 Å². The molecule has 4 rings (SSSR count). The van der Waals surface area contributed by atoms with Crippen LogP contribution in [0.2, 0.25) is 0 Å². The number of aromatic carboxylic acids is 1. The molecule has 3 aromatic carbocycles. The molecule has 0 radical (unpaired) electrons. The van der Waals surface area contributed by atoms with Crippen LogP contribution in [0, 0.1) is 0 Å². The van der Waals surface area contributed by atoms with Crippen LogP contribution < -0.4 is 10.3 Å². The molecule has 0 spiro atoms. The number of ether oxygens (including phenoxy) is 1. The molecule has 0 fully saturated rings. The Morgan fingerprint density at radius 2 is 1.68 bits per heavy atom. The van der Waals surface area contributed by atoms with Crippen LogP contribution in [0.1, 0.15) is 15.9 Å². The molecule has 4 aromatic rings. The number of aromatic nitrogens is 2. The van der Waals surface area contributed by atoms with Crippen LogP contribution in [0.4, 0.5) is 5.69 Å². The molecule has 154 valence electrons. The summed E-state index contributed by atoms with van der Waals surface area (Å²) in [6.07, 6.45) is 1.41. The number of hydrogen-bond donors (Lipinski definition) is 2. The first-order valence-corrected chi connectivity index (χ1v) is 9.49. The number of carboxylic acid groups (broad SMARTS) is 1. The van der Waals surface area contributed by atoms with Crippen LogP contribution in [0.15, 0.2) is 88.6 Å². The van der Waals surface area contributed by atoms with Gasteiger partial charge in [0.25, 0.3) is 5.56 Å². The number of para-hydroxylation sites is 1. The predicted molar refractivity (Wildman–Crippen MR) is 119 cm³/mol. The van der Waals surface area contributed by atoms with E-state index in [2.05, 4.69) is 10.1 Å². The van der Waals surface area contributed by atoms with Crippen molar-refractivity contribution in [3.8, 4) is 22.7 Å². The molecule has 1 heterocycles. The van der Waals surface area contributed by atoms with Gasteiger partial charge in [0.2, 0.25) is 0 Å². The highest BCUT2D eigenvalue weighted by molar-refractivity contribution is 5.96. The number of methoxy groups -OCH3 is 1. The summed E-state index contributed by atoms with van der Waals surface area (Å²) in [5.41, 5.74) is 2.37. The minimum Gasteiger partial charge on any atom is -0.497 e. The molecule has 1 aromatic heterocycles. The van der Waals surface area contributed by atoms with E-state index in [1.54, 1.807) is 49.6 Å². The van der Waals surface area contributed by atoms with Gasteiger partial charge in [-0.15, -0.1) is 0 Å². The molecule has 0 unspecified atom stereocenters. The molecule has 31 heavy (non-hydrogen) atoms. The lowest BCUT2D eigenvalue weighted by Gasteiger charge is -2.04. The monoisotopic (exact) mass is 413 g/mol. The maximum absolute atomic E-state index is 13.3. The Bertz CT molecular complexity index is 1300. The Morgan fingerprint density at radius 3 is 2.35 bits per heavy atom. The third-order valence-electron chi connectivity index (χ3n) is 4.79. The first-order valence-electron chi connectivity index (χ1n) is 9.49. The molecule has 0 aliphatic heterocycles. The SMILES string of the molecule is COc1ccc(-n2[nH]c(-c3ccccc3)c(C=Nc3ccccc3C(=O)O)c2=O)cc1. The number of nitrogens with zero attached hydrogens (tertiary/aromatic N) is 2. The maximum Gasteiger partial charge on any atom is 0.337 e. The van der Waals surface area contributed by atoms with Gasteiger partial charge in [0.05, 0.1) is 35.3 Å². The predicted octanol–water partition coefficient (Wildman–Crippen LogP) is 4.29. The summed E-state index contributed by atoms with van der Waals surface area (Å²) < 4.78 is 6.61. The molecule has 0 atom stereocenters. The number of aromatic amines is 1. The third-order valence-corrected chi connectivity index (χ3v) is 4.79. The fourth-order valence-electron chi connectivity index (χ4n) is 3.21. The number of aliphatic imine (C=N–C) groups is 1. The van der Waals surface area contributed by atoms with Gasteiger partial charge in [-0.1, -0.05) is 42.5 Å². The summed E-state index contributed by atoms with van der Waals surface area (Å²) >= 11 is 0. The second-order valence-electron chi connectivity index (χ2n) is 6.69. The van der Waals surface area contributed by atoms with Crippen molar-refractivity contribution in [2.45, 2.75) is 0 Å². The van der Waals surface area contributed by atoms with E-state index in [9.17, 15) is 14.7 Å². The average molecular weight is 413 g/mol. The zero-order valence-corrected chi connectivity index (χ0v) is 16.6. The summed E-state index contributed by atoms with van der Waals surface area (Å²) in [4.78, 5) is 29.0. The van der Waals surface area contributed by atoms with Gasteiger partial charge >= 0.3 is 5.97 Å². The van der Waals surface area contributed by atoms with Gasteiger partial charge in [0.1, 0.15) is 5.75 Å². The summed E-state index contributed by atoms with van der Waals surface area (Å²) in [6.45, 7) is 0. The van der Waals surface area contributed by atoms with E-state index >= 15 is 0 Å². The minimum absolute atomic E-state index is 0.0611. The number of hydrogen-bond acceptors (Lipinski definition) is 4. The van der Waals surface area contributed by atoms with Crippen molar-refractivity contribution < 1.29 is 14.6 Å². The van der Waals surface area contributed by atoms with Crippen molar-refractivity contribution in [3.63, 3.8) is 0 Å². The van der Waals surface area contributed by atoms with Crippen molar-refractivity contribution in [2.75, 3.05) is 7.11 Å². The maximum atomic E-state index is 13.3. The molecule has 7 heteroatoms. The zero-order chi connectivity index (χ0) is 21.8. The lowest BCUT2D eigenvalue weighted by atomic mass is 10.1. The Hall–Kier alpha value is -4.39. The zero-order valence-electron chi connectivity index (χ0n) is 16.6. The highest BCUT2D eigenvalue weighted by atomic mass is 16.5. The normalized spacial score (nSPS) is 11.0. The van der Waals surface area contributed by atoms with E-state index in [-0.39, 0.29) is 16.8 Å². The van der Waals surface area contributed by atoms with E-state index in [0.29, 0.717) is 22.7 Å². The van der Waals surface area contributed by atoms with Crippen LogP contribution >= 0.6 is 0 Å². The fourth-order valence-corrected chi connectivity index (χ4v) is 3.21. The number of carbonyl (C=O) groups is 1. The number of nitrogens with one attached hydrogen (secondary N) is 1. The Kier molecular flexibility index (Phi) is 5.49. The van der Waals surface area contributed by atoms with E-state index < -0.39 is 5.97 Å². The van der Waals surface area contributed by atoms with Gasteiger partial charge in [-0.2, -0.15) is 0 Å². The van der Waals surface area contributed by atoms with Crippen molar-refractivity contribution >= 4 is 17.9 Å². The number of benzene rings is 3.